The van der Waals surface area contributed by atoms with Crippen LogP contribution in [0.1, 0.15) is 5.82 Å². The summed E-state index contributed by atoms with van der Waals surface area (Å²) in [6.45, 7) is 1.89. The second-order valence-corrected chi connectivity index (χ2v) is 4.52. The average molecular weight is 266 g/mol. The molecule has 0 bridgehead atoms. The molecule has 2 aromatic carbocycles. The molecule has 0 aliphatic rings. The van der Waals surface area contributed by atoms with E-state index in [2.05, 4.69) is 10.2 Å². The van der Waals surface area contributed by atoms with Gasteiger partial charge in [-0.15, -0.1) is 10.2 Å². The summed E-state index contributed by atoms with van der Waals surface area (Å²) in [5.74, 6) is 1.49. The molecule has 0 aliphatic heterocycles. The molecule has 0 spiro atoms. The van der Waals surface area contributed by atoms with Crippen molar-refractivity contribution in [3.05, 3.63) is 54.4 Å². The van der Waals surface area contributed by atoms with Crippen LogP contribution >= 0.6 is 0 Å². The molecule has 1 heterocycles. The van der Waals surface area contributed by atoms with Gasteiger partial charge in [0.1, 0.15) is 11.6 Å². The number of para-hydroxylation sites is 1. The van der Waals surface area contributed by atoms with Crippen molar-refractivity contribution in [1.82, 2.24) is 14.8 Å². The molecular weight excluding hydrogens is 252 g/mol. The van der Waals surface area contributed by atoms with Crippen LogP contribution in [0, 0.1) is 6.92 Å². The van der Waals surface area contributed by atoms with Gasteiger partial charge in [-0.1, -0.05) is 18.2 Å². The van der Waals surface area contributed by atoms with E-state index in [4.69, 9.17) is 5.73 Å². The molecule has 100 valence electrons. The number of aromatic nitrogens is 3. The van der Waals surface area contributed by atoms with Crippen molar-refractivity contribution < 1.29 is 5.11 Å². The van der Waals surface area contributed by atoms with E-state index in [0.29, 0.717) is 11.5 Å². The number of phenols is 1. The summed E-state index contributed by atoms with van der Waals surface area (Å²) in [4.78, 5) is 0. The number of aryl methyl sites for hydroxylation is 1. The van der Waals surface area contributed by atoms with Crippen molar-refractivity contribution in [2.45, 2.75) is 6.92 Å². The Bertz CT molecular complexity index is 750. The SMILES string of the molecule is Cc1nnc(-c2ccc(N)c(O)c2)n1-c1ccccc1. The number of aromatic hydroxyl groups is 1. The van der Waals surface area contributed by atoms with E-state index in [-0.39, 0.29) is 5.75 Å². The number of nitrogens with two attached hydrogens (primary N) is 1. The summed E-state index contributed by atoms with van der Waals surface area (Å²) in [6.07, 6.45) is 0. The van der Waals surface area contributed by atoms with Gasteiger partial charge in [0, 0.05) is 11.3 Å². The maximum atomic E-state index is 9.75. The number of hydrogen-bond acceptors (Lipinski definition) is 4. The smallest absolute Gasteiger partial charge is 0.168 e. The molecule has 0 radical (unpaired) electrons. The average Bonchev–Trinajstić information content (AvgIpc) is 2.85. The molecule has 3 aromatic rings. The van der Waals surface area contributed by atoms with Crippen LogP contribution in [0.5, 0.6) is 5.75 Å². The maximum absolute atomic E-state index is 9.75. The van der Waals surface area contributed by atoms with Crippen LogP contribution < -0.4 is 5.73 Å². The van der Waals surface area contributed by atoms with Gasteiger partial charge in [0.05, 0.1) is 5.69 Å². The zero-order valence-electron chi connectivity index (χ0n) is 11.0. The minimum atomic E-state index is 0.0442. The number of nitrogen functional groups attached to an aromatic ring is 1. The molecule has 5 heteroatoms. The van der Waals surface area contributed by atoms with Gasteiger partial charge < -0.3 is 10.8 Å². The summed E-state index contributed by atoms with van der Waals surface area (Å²) in [6, 6.07) is 14.9. The Hall–Kier alpha value is -2.82. The standard InChI is InChI=1S/C15H14N4O/c1-10-17-18-15(11-7-8-13(16)14(20)9-11)19(10)12-5-3-2-4-6-12/h2-9,20H,16H2,1H3. The second-order valence-electron chi connectivity index (χ2n) is 4.52. The highest BCUT2D eigenvalue weighted by Crippen LogP contribution is 2.28. The number of rotatable bonds is 2. The Morgan fingerprint density at radius 2 is 1.80 bits per heavy atom. The van der Waals surface area contributed by atoms with Crippen LogP contribution in [-0.2, 0) is 0 Å². The highest BCUT2D eigenvalue weighted by Gasteiger charge is 2.13. The molecule has 20 heavy (non-hydrogen) atoms. The van der Waals surface area contributed by atoms with E-state index in [1.165, 1.54) is 0 Å². The first kappa shape index (κ1) is 12.2. The van der Waals surface area contributed by atoms with Gasteiger partial charge in [0.2, 0.25) is 0 Å². The minimum Gasteiger partial charge on any atom is -0.506 e. The topological polar surface area (TPSA) is 77.0 Å². The lowest BCUT2D eigenvalue weighted by molar-refractivity contribution is 0.478. The van der Waals surface area contributed by atoms with Crippen molar-refractivity contribution >= 4 is 5.69 Å². The number of hydrogen-bond donors (Lipinski definition) is 2. The van der Waals surface area contributed by atoms with E-state index in [0.717, 1.165) is 17.1 Å². The lowest BCUT2D eigenvalue weighted by Crippen LogP contribution is -1.99. The van der Waals surface area contributed by atoms with Gasteiger partial charge in [-0.2, -0.15) is 0 Å². The predicted octanol–water partition coefficient (Wildman–Crippen LogP) is 2.53. The van der Waals surface area contributed by atoms with Crippen LogP contribution in [0.2, 0.25) is 0 Å². The fraction of sp³-hybridized carbons (Fsp3) is 0.0667. The third-order valence-corrected chi connectivity index (χ3v) is 3.13. The largest absolute Gasteiger partial charge is 0.506 e. The minimum absolute atomic E-state index is 0.0442. The van der Waals surface area contributed by atoms with Crippen LogP contribution in [0.3, 0.4) is 0 Å². The predicted molar refractivity (Wildman–Crippen MR) is 77.6 cm³/mol. The lowest BCUT2D eigenvalue weighted by atomic mass is 10.1. The summed E-state index contributed by atoms with van der Waals surface area (Å²) in [5, 5.41) is 18.1. The maximum Gasteiger partial charge on any atom is 0.168 e. The van der Waals surface area contributed by atoms with Crippen LogP contribution in [0.25, 0.3) is 17.1 Å². The first-order chi connectivity index (χ1) is 9.66. The molecule has 1 aromatic heterocycles. The molecule has 0 unspecified atom stereocenters. The first-order valence-corrected chi connectivity index (χ1v) is 6.23. The normalized spacial score (nSPS) is 10.7. The monoisotopic (exact) mass is 266 g/mol. The Kier molecular flexibility index (Phi) is 2.87. The number of anilines is 1. The molecule has 0 fully saturated rings. The van der Waals surface area contributed by atoms with E-state index >= 15 is 0 Å². The second kappa shape index (κ2) is 4.70. The Morgan fingerprint density at radius 1 is 1.05 bits per heavy atom. The summed E-state index contributed by atoms with van der Waals surface area (Å²) < 4.78 is 1.94. The highest BCUT2D eigenvalue weighted by molar-refractivity contribution is 5.66. The molecule has 0 atom stereocenters. The van der Waals surface area contributed by atoms with Gasteiger partial charge in [-0.25, -0.2) is 0 Å². The fourth-order valence-corrected chi connectivity index (χ4v) is 2.12. The van der Waals surface area contributed by atoms with Crippen LogP contribution in [0.15, 0.2) is 48.5 Å². The Morgan fingerprint density at radius 3 is 2.50 bits per heavy atom. The van der Waals surface area contributed by atoms with Gasteiger partial charge in [0.25, 0.3) is 0 Å². The zero-order valence-corrected chi connectivity index (χ0v) is 11.0. The molecule has 0 aliphatic carbocycles. The van der Waals surface area contributed by atoms with Gasteiger partial charge in [-0.05, 0) is 37.3 Å². The zero-order chi connectivity index (χ0) is 14.1. The highest BCUT2D eigenvalue weighted by atomic mass is 16.3. The third kappa shape index (κ3) is 1.99. The molecule has 0 saturated carbocycles. The third-order valence-electron chi connectivity index (χ3n) is 3.13. The van der Waals surface area contributed by atoms with Crippen LogP contribution in [0.4, 0.5) is 5.69 Å². The molecule has 0 amide bonds. The van der Waals surface area contributed by atoms with Crippen molar-refractivity contribution in [1.29, 1.82) is 0 Å². The number of phenolic OH excluding ortho intramolecular Hbond substituents is 1. The van der Waals surface area contributed by atoms with E-state index in [9.17, 15) is 5.11 Å². The summed E-state index contributed by atoms with van der Waals surface area (Å²) in [5.41, 5.74) is 7.71. The van der Waals surface area contributed by atoms with E-state index < -0.39 is 0 Å². The van der Waals surface area contributed by atoms with Crippen molar-refractivity contribution in [2.75, 3.05) is 5.73 Å². The summed E-state index contributed by atoms with van der Waals surface area (Å²) >= 11 is 0. The Labute approximate surface area is 116 Å². The number of benzene rings is 2. The molecule has 3 N–H and O–H groups in total. The number of nitrogens with zero attached hydrogens (tertiary/aromatic N) is 3. The van der Waals surface area contributed by atoms with E-state index in [1.807, 2.05) is 47.9 Å². The molecule has 3 rings (SSSR count). The van der Waals surface area contributed by atoms with E-state index in [1.54, 1.807) is 12.1 Å². The molecule has 0 saturated heterocycles. The fourth-order valence-electron chi connectivity index (χ4n) is 2.12. The van der Waals surface area contributed by atoms with Crippen LogP contribution in [-0.4, -0.2) is 19.9 Å². The van der Waals surface area contributed by atoms with Gasteiger partial charge >= 0.3 is 0 Å². The molecular formula is C15H14N4O. The van der Waals surface area contributed by atoms with Crippen molar-refractivity contribution in [2.24, 2.45) is 0 Å². The van der Waals surface area contributed by atoms with Crippen molar-refractivity contribution in [3.63, 3.8) is 0 Å². The quantitative estimate of drug-likeness (QED) is 0.552. The Balaban J connectivity index is 2.18. The lowest BCUT2D eigenvalue weighted by Gasteiger charge is -2.09. The summed E-state index contributed by atoms with van der Waals surface area (Å²) in [7, 11) is 0. The van der Waals surface area contributed by atoms with Gasteiger partial charge in [-0.3, -0.25) is 4.57 Å². The first-order valence-electron chi connectivity index (χ1n) is 6.23. The van der Waals surface area contributed by atoms with Gasteiger partial charge in [0.15, 0.2) is 5.82 Å². The molecule has 5 nitrogen and oxygen atoms in total. The van der Waals surface area contributed by atoms with Crippen molar-refractivity contribution in [3.8, 4) is 22.8 Å².